The Hall–Kier alpha value is -0.613. The first-order valence-electron chi connectivity index (χ1n) is 6.35. The smallest absolute Gasteiger partial charge is 0.308 e. The van der Waals surface area contributed by atoms with Crippen LogP contribution >= 0.6 is 0 Å². The number of aliphatic hydroxyl groups excluding tert-OH is 1. The van der Waals surface area contributed by atoms with Gasteiger partial charge in [-0.25, -0.2) is 0 Å². The van der Waals surface area contributed by atoms with E-state index < -0.39 is 14.2 Å². The van der Waals surface area contributed by atoms with Gasteiger partial charge in [-0.3, -0.25) is 4.79 Å². The molecule has 3 nitrogen and oxygen atoms in total. The molecule has 0 unspecified atom stereocenters. The molecule has 0 saturated heterocycles. The fourth-order valence-corrected chi connectivity index (χ4v) is 1.90. The summed E-state index contributed by atoms with van der Waals surface area (Å²) in [6.45, 7) is 9.27. The second-order valence-corrected chi connectivity index (χ2v) is 11.1. The molecule has 4 heteroatoms. The zero-order valence-electron chi connectivity index (χ0n) is 11.5. The van der Waals surface area contributed by atoms with Crippen LogP contribution in [0.3, 0.4) is 0 Å². The Morgan fingerprint density at radius 1 is 1.41 bits per heavy atom. The Bertz CT molecular complexity index is 244. The highest BCUT2D eigenvalue weighted by Gasteiger charge is 2.14. The number of aliphatic hydroxyl groups is 1. The maximum absolute atomic E-state index is 11.4. The van der Waals surface area contributed by atoms with Crippen molar-refractivity contribution in [2.75, 3.05) is 6.61 Å². The van der Waals surface area contributed by atoms with Crippen molar-refractivity contribution in [2.24, 2.45) is 0 Å². The van der Waals surface area contributed by atoms with E-state index in [9.17, 15) is 9.90 Å². The predicted octanol–water partition coefficient (Wildman–Crippen LogP) is 2.98. The van der Waals surface area contributed by atoms with Gasteiger partial charge in [0.05, 0.1) is 19.1 Å². The number of hydrogen-bond acceptors (Lipinski definition) is 3. The predicted molar refractivity (Wildman–Crippen MR) is 73.8 cm³/mol. The number of rotatable bonds is 8. The first-order chi connectivity index (χ1) is 7.85. The van der Waals surface area contributed by atoms with E-state index in [0.717, 1.165) is 18.9 Å². The van der Waals surface area contributed by atoms with Gasteiger partial charge in [-0.2, -0.15) is 0 Å². The molecule has 0 spiro atoms. The van der Waals surface area contributed by atoms with Crippen molar-refractivity contribution < 1.29 is 14.6 Å². The molecule has 0 aromatic heterocycles. The minimum atomic E-state index is -1.14. The molecular weight excluding hydrogens is 232 g/mol. The molecule has 0 saturated carbocycles. The topological polar surface area (TPSA) is 46.5 Å². The zero-order valence-corrected chi connectivity index (χ0v) is 12.5. The lowest BCUT2D eigenvalue weighted by Gasteiger charge is -2.15. The maximum atomic E-state index is 11.4. The third-order valence-electron chi connectivity index (χ3n) is 2.30. The molecule has 0 aliphatic rings. The summed E-state index contributed by atoms with van der Waals surface area (Å²) in [7, 11) is -1.14. The average molecular weight is 258 g/mol. The van der Waals surface area contributed by atoms with E-state index in [1.54, 1.807) is 6.08 Å². The van der Waals surface area contributed by atoms with Crippen LogP contribution in [0.4, 0.5) is 0 Å². The summed E-state index contributed by atoms with van der Waals surface area (Å²) in [6.07, 6.45) is 4.90. The normalized spacial score (nSPS) is 13.9. The third kappa shape index (κ3) is 11.6. The van der Waals surface area contributed by atoms with E-state index in [4.69, 9.17) is 4.74 Å². The van der Waals surface area contributed by atoms with Crippen molar-refractivity contribution in [1.29, 1.82) is 0 Å². The highest BCUT2D eigenvalue weighted by atomic mass is 28.3. The third-order valence-corrected chi connectivity index (χ3v) is 4.01. The monoisotopic (exact) mass is 258 g/mol. The molecule has 17 heavy (non-hydrogen) atoms. The van der Waals surface area contributed by atoms with E-state index in [1.807, 2.05) is 6.08 Å². The van der Waals surface area contributed by atoms with E-state index >= 15 is 0 Å². The molecule has 0 aromatic carbocycles. The molecule has 0 aliphatic heterocycles. The maximum Gasteiger partial charge on any atom is 0.308 e. The number of carbonyl (C=O) groups is 1. The lowest BCUT2D eigenvalue weighted by Crippen LogP contribution is -2.23. The van der Waals surface area contributed by atoms with Gasteiger partial charge in [0.25, 0.3) is 0 Å². The van der Waals surface area contributed by atoms with Crippen molar-refractivity contribution in [3.05, 3.63) is 12.2 Å². The van der Waals surface area contributed by atoms with E-state index in [2.05, 4.69) is 26.6 Å². The molecular formula is C13H26O3Si. The Morgan fingerprint density at radius 2 is 2.06 bits per heavy atom. The van der Waals surface area contributed by atoms with Gasteiger partial charge in [-0.15, -0.1) is 0 Å². The fraction of sp³-hybridized carbons (Fsp3) is 0.769. The molecule has 0 aromatic rings. The van der Waals surface area contributed by atoms with Crippen LogP contribution in [0.5, 0.6) is 0 Å². The van der Waals surface area contributed by atoms with Crippen LogP contribution < -0.4 is 0 Å². The van der Waals surface area contributed by atoms with Crippen molar-refractivity contribution in [3.63, 3.8) is 0 Å². The summed E-state index contributed by atoms with van der Waals surface area (Å²) in [5.41, 5.74) is 0. The molecule has 0 rings (SSSR count). The Labute approximate surface area is 106 Å². The van der Waals surface area contributed by atoms with Gasteiger partial charge >= 0.3 is 5.97 Å². The van der Waals surface area contributed by atoms with E-state index in [1.165, 1.54) is 0 Å². The van der Waals surface area contributed by atoms with Gasteiger partial charge in [0.2, 0.25) is 0 Å². The molecule has 1 N–H and O–H groups in total. The minimum Gasteiger partial charge on any atom is -0.466 e. The van der Waals surface area contributed by atoms with Crippen molar-refractivity contribution >= 4 is 14.0 Å². The van der Waals surface area contributed by atoms with Crippen LogP contribution in [0.1, 0.15) is 26.2 Å². The Kier molecular flexibility index (Phi) is 8.17. The van der Waals surface area contributed by atoms with Gasteiger partial charge in [0, 0.05) is 8.07 Å². The van der Waals surface area contributed by atoms with E-state index in [0.29, 0.717) is 6.61 Å². The van der Waals surface area contributed by atoms with Crippen LogP contribution in [0.15, 0.2) is 12.2 Å². The SMILES string of the molecule is CCC/C=C/[C@@H](O)CC(=O)OCC[Si](C)(C)C. The zero-order chi connectivity index (χ0) is 13.3. The number of esters is 1. The summed E-state index contributed by atoms with van der Waals surface area (Å²) in [5.74, 6) is -0.308. The highest BCUT2D eigenvalue weighted by molar-refractivity contribution is 6.76. The summed E-state index contributed by atoms with van der Waals surface area (Å²) < 4.78 is 5.10. The first kappa shape index (κ1) is 16.4. The second kappa shape index (κ2) is 8.47. The Morgan fingerprint density at radius 3 is 2.59 bits per heavy atom. The molecule has 0 radical (unpaired) electrons. The summed E-state index contributed by atoms with van der Waals surface area (Å²) in [6, 6.07) is 0.973. The van der Waals surface area contributed by atoms with Crippen LogP contribution in [0.25, 0.3) is 0 Å². The molecule has 0 aliphatic carbocycles. The van der Waals surface area contributed by atoms with E-state index in [-0.39, 0.29) is 12.4 Å². The number of ether oxygens (including phenoxy) is 1. The van der Waals surface area contributed by atoms with Crippen LogP contribution in [-0.4, -0.2) is 31.9 Å². The quantitative estimate of drug-likeness (QED) is 0.413. The standard InChI is InChI=1S/C13H26O3Si/c1-5-6-7-8-12(14)11-13(15)16-9-10-17(2,3)4/h7-8,12,14H,5-6,9-11H2,1-4H3/b8-7+/t12-/m1/s1. The van der Waals surface area contributed by atoms with Crippen molar-refractivity contribution in [1.82, 2.24) is 0 Å². The highest BCUT2D eigenvalue weighted by Crippen LogP contribution is 2.08. The molecule has 0 bridgehead atoms. The number of hydrogen-bond donors (Lipinski definition) is 1. The summed E-state index contributed by atoms with van der Waals surface area (Å²) in [5, 5.41) is 9.53. The average Bonchev–Trinajstić information content (AvgIpc) is 2.15. The van der Waals surface area contributed by atoms with Crippen LogP contribution in [0, 0.1) is 0 Å². The lowest BCUT2D eigenvalue weighted by atomic mass is 10.2. The van der Waals surface area contributed by atoms with Gasteiger partial charge in [-0.1, -0.05) is 45.1 Å². The van der Waals surface area contributed by atoms with Crippen molar-refractivity contribution in [3.8, 4) is 0 Å². The largest absolute Gasteiger partial charge is 0.466 e. The van der Waals surface area contributed by atoms with Gasteiger partial charge in [0.15, 0.2) is 0 Å². The Balaban J connectivity index is 3.71. The minimum absolute atomic E-state index is 0.0614. The number of carbonyl (C=O) groups excluding carboxylic acids is 1. The molecule has 1 atom stereocenters. The molecule has 100 valence electrons. The van der Waals surface area contributed by atoms with Gasteiger partial charge in [-0.05, 0) is 12.5 Å². The molecule has 0 heterocycles. The lowest BCUT2D eigenvalue weighted by molar-refractivity contribution is -0.144. The van der Waals surface area contributed by atoms with Gasteiger partial charge < -0.3 is 9.84 Å². The second-order valence-electron chi connectivity index (χ2n) is 5.52. The first-order valence-corrected chi connectivity index (χ1v) is 10.1. The van der Waals surface area contributed by atoms with Crippen molar-refractivity contribution in [2.45, 2.75) is 58.0 Å². The summed E-state index contributed by atoms with van der Waals surface area (Å²) >= 11 is 0. The van der Waals surface area contributed by atoms with Gasteiger partial charge in [0.1, 0.15) is 0 Å². The number of allylic oxidation sites excluding steroid dienone is 1. The summed E-state index contributed by atoms with van der Waals surface area (Å²) in [4.78, 5) is 11.4. The molecule has 0 fully saturated rings. The van der Waals surface area contributed by atoms with Crippen LogP contribution in [0.2, 0.25) is 25.7 Å². The fourth-order valence-electron chi connectivity index (χ4n) is 1.19. The van der Waals surface area contributed by atoms with Crippen LogP contribution in [-0.2, 0) is 9.53 Å². The number of unbranched alkanes of at least 4 members (excludes halogenated alkanes) is 1. The molecule has 0 amide bonds.